The first-order valence-corrected chi connectivity index (χ1v) is 10.00. The maximum atomic E-state index is 13.3. The molecule has 6 nitrogen and oxygen atoms in total. The summed E-state index contributed by atoms with van der Waals surface area (Å²) in [5.74, 6) is 0.261. The molecule has 1 saturated heterocycles. The molecule has 0 amide bonds. The smallest absolute Gasteiger partial charge is 0.399 e. The predicted octanol–water partition coefficient (Wildman–Crippen LogP) is 4.79. The van der Waals surface area contributed by atoms with Gasteiger partial charge in [0.25, 0.3) is 0 Å². The molecule has 12 heteroatoms. The lowest BCUT2D eigenvalue weighted by Gasteiger charge is -2.21. The summed E-state index contributed by atoms with van der Waals surface area (Å²) in [7, 11) is 1.81. The summed E-state index contributed by atoms with van der Waals surface area (Å²) < 4.78 is 79.3. The second-order valence-electron chi connectivity index (χ2n) is 7.79. The molecule has 1 aliphatic rings. The van der Waals surface area contributed by atoms with Crippen molar-refractivity contribution in [3.05, 3.63) is 47.5 Å². The minimum absolute atomic E-state index is 0.0187. The van der Waals surface area contributed by atoms with Gasteiger partial charge in [-0.05, 0) is 49.9 Å². The molecule has 1 unspecified atom stereocenters. The fraction of sp³-hybridized carbons (Fsp3) is 0.333. The molecule has 1 aliphatic heterocycles. The van der Waals surface area contributed by atoms with E-state index < -0.39 is 23.5 Å². The van der Waals surface area contributed by atoms with Gasteiger partial charge in [0.1, 0.15) is 5.82 Å². The molecule has 0 aliphatic carbocycles. The van der Waals surface area contributed by atoms with Crippen molar-refractivity contribution in [2.75, 3.05) is 36.1 Å². The Morgan fingerprint density at radius 2 is 1.70 bits per heavy atom. The van der Waals surface area contributed by atoms with Gasteiger partial charge in [0.2, 0.25) is 5.95 Å². The zero-order valence-corrected chi connectivity index (χ0v) is 17.3. The number of hydrogen-bond donors (Lipinski definition) is 3. The van der Waals surface area contributed by atoms with Crippen LogP contribution < -0.4 is 21.3 Å². The topological polar surface area (TPSA) is 79.1 Å². The lowest BCUT2D eigenvalue weighted by Crippen LogP contribution is -2.30. The van der Waals surface area contributed by atoms with E-state index in [1.165, 1.54) is 12.1 Å². The van der Waals surface area contributed by atoms with Gasteiger partial charge in [0, 0.05) is 35.9 Å². The molecular formula is C21H20F6N6. The van der Waals surface area contributed by atoms with E-state index in [9.17, 15) is 26.3 Å². The van der Waals surface area contributed by atoms with Crippen molar-refractivity contribution in [3.63, 3.8) is 0 Å². The largest absolute Gasteiger partial charge is 0.416 e. The number of nitrogens with one attached hydrogen (secondary N) is 2. The second kappa shape index (κ2) is 8.25. The summed E-state index contributed by atoms with van der Waals surface area (Å²) in [6, 6.07) is 6.23. The summed E-state index contributed by atoms with van der Waals surface area (Å²) in [6.45, 7) is 1.17. The van der Waals surface area contributed by atoms with E-state index in [0.717, 1.165) is 30.7 Å². The molecule has 0 spiro atoms. The Morgan fingerprint density at radius 1 is 0.970 bits per heavy atom. The molecule has 0 bridgehead atoms. The van der Waals surface area contributed by atoms with Crippen molar-refractivity contribution in [3.8, 4) is 0 Å². The van der Waals surface area contributed by atoms with Crippen LogP contribution in [0, 0.1) is 0 Å². The number of aromatic nitrogens is 2. The van der Waals surface area contributed by atoms with E-state index in [1.54, 1.807) is 0 Å². The number of benzene rings is 2. The molecule has 1 atom stereocenters. The van der Waals surface area contributed by atoms with Gasteiger partial charge in [-0.2, -0.15) is 31.3 Å². The monoisotopic (exact) mass is 470 g/mol. The minimum Gasteiger partial charge on any atom is -0.399 e. The van der Waals surface area contributed by atoms with Crippen LogP contribution in [0.25, 0.3) is 10.9 Å². The van der Waals surface area contributed by atoms with Crippen LogP contribution >= 0.6 is 0 Å². The lowest BCUT2D eigenvalue weighted by atomic mass is 10.1. The molecule has 1 aromatic heterocycles. The maximum Gasteiger partial charge on any atom is 0.416 e. The Labute approximate surface area is 184 Å². The summed E-state index contributed by atoms with van der Waals surface area (Å²) in [5, 5.41) is 6.23. The summed E-state index contributed by atoms with van der Waals surface area (Å²) >= 11 is 0. The fourth-order valence-electron chi connectivity index (χ4n) is 3.79. The average molecular weight is 470 g/mol. The van der Waals surface area contributed by atoms with Crippen LogP contribution in [0.1, 0.15) is 17.5 Å². The van der Waals surface area contributed by atoms with Gasteiger partial charge in [-0.15, -0.1) is 0 Å². The van der Waals surface area contributed by atoms with Crippen molar-refractivity contribution >= 4 is 34.0 Å². The first-order valence-electron chi connectivity index (χ1n) is 10.00. The molecule has 4 N–H and O–H groups in total. The quantitative estimate of drug-likeness (QED) is 0.376. The number of nitrogens with zero attached hydrogens (tertiary/aromatic N) is 3. The first kappa shape index (κ1) is 22.9. The number of alkyl halides is 6. The van der Waals surface area contributed by atoms with Gasteiger partial charge >= 0.3 is 12.4 Å². The number of nitrogens with two attached hydrogens (primary N) is 1. The van der Waals surface area contributed by atoms with Crippen LogP contribution in [0.5, 0.6) is 0 Å². The van der Waals surface area contributed by atoms with Gasteiger partial charge in [0.15, 0.2) is 0 Å². The molecule has 33 heavy (non-hydrogen) atoms. The Hall–Kier alpha value is -3.28. The average Bonchev–Trinajstić information content (AvgIpc) is 3.20. The Morgan fingerprint density at radius 3 is 2.33 bits per heavy atom. The third-order valence-electron chi connectivity index (χ3n) is 5.44. The SMILES string of the molecule is CNC1CCN(c2nc(Nc3cc(N)cc(C(F)(F)F)c3)nc3cc(C(F)(F)F)ccc23)C1. The van der Waals surface area contributed by atoms with Gasteiger partial charge < -0.3 is 21.3 Å². The van der Waals surface area contributed by atoms with Crippen molar-refractivity contribution in [1.82, 2.24) is 15.3 Å². The zero-order chi connectivity index (χ0) is 24.0. The summed E-state index contributed by atoms with van der Waals surface area (Å²) in [6.07, 6.45) is -8.40. The van der Waals surface area contributed by atoms with Crippen LogP contribution in [0.3, 0.4) is 0 Å². The van der Waals surface area contributed by atoms with Crippen molar-refractivity contribution in [2.24, 2.45) is 0 Å². The predicted molar refractivity (Wildman–Crippen MR) is 113 cm³/mol. The van der Waals surface area contributed by atoms with Gasteiger partial charge in [-0.3, -0.25) is 0 Å². The second-order valence-corrected chi connectivity index (χ2v) is 7.79. The number of fused-ring (bicyclic) bond motifs is 1. The standard InChI is InChI=1S/C21H20F6N6/c1-29-14-4-5-33(10-14)18-16-3-2-11(20(22,23)24)8-17(16)31-19(32-18)30-15-7-12(21(25,26)27)6-13(28)9-15/h2-3,6-9,14,29H,4-5,10,28H2,1H3,(H,30,31,32). The highest BCUT2D eigenvalue weighted by Crippen LogP contribution is 2.36. The normalized spacial score (nSPS) is 17.1. The molecule has 1 fully saturated rings. The number of halogens is 6. The highest BCUT2D eigenvalue weighted by atomic mass is 19.4. The van der Waals surface area contributed by atoms with Gasteiger partial charge in [-0.25, -0.2) is 4.98 Å². The van der Waals surface area contributed by atoms with Gasteiger partial charge in [-0.1, -0.05) is 0 Å². The van der Waals surface area contributed by atoms with Gasteiger partial charge in [0.05, 0.1) is 16.6 Å². The van der Waals surface area contributed by atoms with Crippen molar-refractivity contribution in [2.45, 2.75) is 24.8 Å². The summed E-state index contributed by atoms with van der Waals surface area (Å²) in [5.41, 5.74) is 3.60. The van der Waals surface area contributed by atoms with E-state index in [1.807, 2.05) is 11.9 Å². The Balaban J connectivity index is 1.80. The van der Waals surface area contributed by atoms with E-state index in [2.05, 4.69) is 20.6 Å². The minimum atomic E-state index is -4.62. The third kappa shape index (κ3) is 4.90. The highest BCUT2D eigenvalue weighted by Gasteiger charge is 2.33. The number of nitrogen functional groups attached to an aromatic ring is 1. The van der Waals surface area contributed by atoms with Crippen LogP contribution in [0.15, 0.2) is 36.4 Å². The molecular weight excluding hydrogens is 450 g/mol. The lowest BCUT2D eigenvalue weighted by molar-refractivity contribution is -0.138. The number of hydrogen-bond acceptors (Lipinski definition) is 6. The van der Waals surface area contributed by atoms with Crippen LogP contribution in [0.2, 0.25) is 0 Å². The fourth-order valence-corrected chi connectivity index (χ4v) is 3.79. The first-order chi connectivity index (χ1) is 15.4. The van der Waals surface area contributed by atoms with Crippen molar-refractivity contribution in [1.29, 1.82) is 0 Å². The van der Waals surface area contributed by atoms with E-state index >= 15 is 0 Å². The highest BCUT2D eigenvalue weighted by molar-refractivity contribution is 5.91. The molecule has 2 aromatic carbocycles. The van der Waals surface area contributed by atoms with Crippen molar-refractivity contribution < 1.29 is 26.3 Å². The number of likely N-dealkylation sites (N-methyl/N-ethyl adjacent to an activating group) is 1. The Kier molecular flexibility index (Phi) is 5.72. The maximum absolute atomic E-state index is 13.3. The summed E-state index contributed by atoms with van der Waals surface area (Å²) in [4.78, 5) is 10.5. The van der Waals surface area contributed by atoms with Crippen LogP contribution in [0.4, 0.5) is 49.5 Å². The molecule has 0 saturated carbocycles. The molecule has 4 rings (SSSR count). The van der Waals surface area contributed by atoms with Crippen LogP contribution in [-0.2, 0) is 12.4 Å². The third-order valence-corrected chi connectivity index (χ3v) is 5.44. The number of rotatable bonds is 4. The number of anilines is 4. The Bertz CT molecular complexity index is 1180. The van der Waals surface area contributed by atoms with Crippen LogP contribution in [-0.4, -0.2) is 36.1 Å². The molecule has 2 heterocycles. The van der Waals surface area contributed by atoms with E-state index in [4.69, 9.17) is 5.73 Å². The van der Waals surface area contributed by atoms with E-state index in [0.29, 0.717) is 24.3 Å². The molecule has 0 radical (unpaired) electrons. The molecule has 3 aromatic rings. The zero-order valence-electron chi connectivity index (χ0n) is 17.3. The van der Waals surface area contributed by atoms with E-state index in [-0.39, 0.29) is 28.9 Å². The molecule has 176 valence electrons.